The molecule has 0 bridgehead atoms. The molecule has 1 saturated heterocycles. The van der Waals surface area contributed by atoms with E-state index in [-0.39, 0.29) is 17.6 Å². The zero-order chi connectivity index (χ0) is 19.3. The molecule has 0 aromatic heterocycles. The highest BCUT2D eigenvalue weighted by Crippen LogP contribution is 2.22. The standard InChI is InChI=1S/C21H26ClFN2O/c1-15(2)20(14-17(4)22)24-9-11-25(12-10-24)21(26)13-16(3)18-5-7-19(23)8-6-18/h5-8,14,16H,1,4,9-13H2,2-3H3/b20-14+. The monoisotopic (exact) mass is 376 g/mol. The Kier molecular flexibility index (Phi) is 7.04. The highest BCUT2D eigenvalue weighted by atomic mass is 35.5. The SMILES string of the molecule is C=C(Cl)/C=C(\C(=C)C)N1CCN(C(=O)CC(C)c2ccc(F)cc2)CC1. The number of amides is 1. The third-order valence-electron chi connectivity index (χ3n) is 4.62. The maximum atomic E-state index is 13.0. The van der Waals surface area contributed by atoms with Crippen molar-refractivity contribution in [1.29, 1.82) is 0 Å². The molecule has 1 fully saturated rings. The molecular formula is C21H26ClFN2O. The highest BCUT2D eigenvalue weighted by Gasteiger charge is 2.24. The number of carbonyl (C=O) groups is 1. The van der Waals surface area contributed by atoms with Gasteiger partial charge in [0.2, 0.25) is 5.91 Å². The normalized spacial score (nSPS) is 16.4. The van der Waals surface area contributed by atoms with Gasteiger partial charge in [0.25, 0.3) is 0 Å². The minimum Gasteiger partial charge on any atom is -0.368 e. The maximum Gasteiger partial charge on any atom is 0.223 e. The fourth-order valence-electron chi connectivity index (χ4n) is 3.13. The van der Waals surface area contributed by atoms with Crippen molar-refractivity contribution >= 4 is 17.5 Å². The van der Waals surface area contributed by atoms with E-state index in [9.17, 15) is 9.18 Å². The minimum absolute atomic E-state index is 0.0616. The van der Waals surface area contributed by atoms with E-state index in [1.807, 2.05) is 24.8 Å². The van der Waals surface area contributed by atoms with Crippen LogP contribution in [0.1, 0.15) is 31.7 Å². The summed E-state index contributed by atoms with van der Waals surface area (Å²) in [5.41, 5.74) is 2.87. The zero-order valence-corrected chi connectivity index (χ0v) is 16.2. The molecule has 0 N–H and O–H groups in total. The van der Waals surface area contributed by atoms with Crippen molar-refractivity contribution in [3.05, 3.63) is 71.2 Å². The Morgan fingerprint density at radius 1 is 1.19 bits per heavy atom. The highest BCUT2D eigenvalue weighted by molar-refractivity contribution is 6.30. The third-order valence-corrected chi connectivity index (χ3v) is 4.73. The largest absolute Gasteiger partial charge is 0.368 e. The Hall–Kier alpha value is -2.07. The van der Waals surface area contributed by atoms with E-state index in [0.29, 0.717) is 24.5 Å². The van der Waals surface area contributed by atoms with Crippen LogP contribution in [0.3, 0.4) is 0 Å². The van der Waals surface area contributed by atoms with E-state index < -0.39 is 0 Å². The van der Waals surface area contributed by atoms with Gasteiger partial charge >= 0.3 is 0 Å². The van der Waals surface area contributed by atoms with Gasteiger partial charge in [-0.05, 0) is 42.2 Å². The van der Waals surface area contributed by atoms with E-state index in [2.05, 4.69) is 18.1 Å². The third kappa shape index (κ3) is 5.46. The molecule has 1 atom stereocenters. The number of nitrogens with zero attached hydrogens (tertiary/aromatic N) is 2. The van der Waals surface area contributed by atoms with E-state index >= 15 is 0 Å². The van der Waals surface area contributed by atoms with Gasteiger partial charge in [0, 0.05) is 43.3 Å². The Bertz CT molecular complexity index is 703. The van der Waals surface area contributed by atoms with Crippen molar-refractivity contribution in [1.82, 2.24) is 9.80 Å². The van der Waals surface area contributed by atoms with Crippen LogP contribution in [0.2, 0.25) is 0 Å². The summed E-state index contributed by atoms with van der Waals surface area (Å²) in [6.45, 7) is 14.4. The molecule has 26 heavy (non-hydrogen) atoms. The van der Waals surface area contributed by atoms with Crippen LogP contribution < -0.4 is 0 Å². The predicted molar refractivity (Wildman–Crippen MR) is 105 cm³/mol. The zero-order valence-electron chi connectivity index (χ0n) is 15.5. The molecule has 1 unspecified atom stereocenters. The smallest absolute Gasteiger partial charge is 0.223 e. The van der Waals surface area contributed by atoms with Gasteiger partial charge in [-0.1, -0.05) is 43.8 Å². The van der Waals surface area contributed by atoms with Gasteiger partial charge in [-0.15, -0.1) is 0 Å². The lowest BCUT2D eigenvalue weighted by molar-refractivity contribution is -0.133. The van der Waals surface area contributed by atoms with Crippen molar-refractivity contribution in [3.63, 3.8) is 0 Å². The topological polar surface area (TPSA) is 23.6 Å². The number of hydrogen-bond acceptors (Lipinski definition) is 2. The second kappa shape index (κ2) is 9.04. The van der Waals surface area contributed by atoms with Gasteiger partial charge in [0.05, 0.1) is 0 Å². The van der Waals surface area contributed by atoms with E-state index in [1.165, 1.54) is 12.1 Å². The summed E-state index contributed by atoms with van der Waals surface area (Å²) in [5.74, 6) is -0.0694. The second-order valence-electron chi connectivity index (χ2n) is 6.78. The molecule has 1 heterocycles. The predicted octanol–water partition coefficient (Wildman–Crippen LogP) is 4.68. The van der Waals surface area contributed by atoms with Crippen LogP contribution >= 0.6 is 11.6 Å². The lowest BCUT2D eigenvalue weighted by Crippen LogP contribution is -2.48. The summed E-state index contributed by atoms with van der Waals surface area (Å²) in [4.78, 5) is 16.7. The van der Waals surface area contributed by atoms with Gasteiger partial charge in [0.1, 0.15) is 5.82 Å². The van der Waals surface area contributed by atoms with E-state index in [4.69, 9.17) is 11.6 Å². The Morgan fingerprint density at radius 3 is 2.23 bits per heavy atom. The quantitative estimate of drug-likeness (QED) is 0.673. The number of carbonyl (C=O) groups excluding carboxylic acids is 1. The summed E-state index contributed by atoms with van der Waals surface area (Å²) >= 11 is 5.91. The van der Waals surface area contributed by atoms with Crippen LogP contribution in [0, 0.1) is 5.82 Å². The summed E-state index contributed by atoms with van der Waals surface area (Å²) in [5, 5.41) is 0.467. The summed E-state index contributed by atoms with van der Waals surface area (Å²) < 4.78 is 13.0. The van der Waals surface area contributed by atoms with Gasteiger partial charge in [0.15, 0.2) is 0 Å². The van der Waals surface area contributed by atoms with Gasteiger partial charge in [-0.25, -0.2) is 4.39 Å². The van der Waals surface area contributed by atoms with Crippen LogP contribution in [-0.4, -0.2) is 41.9 Å². The van der Waals surface area contributed by atoms with Crippen molar-refractivity contribution < 1.29 is 9.18 Å². The van der Waals surface area contributed by atoms with Crippen LogP contribution in [0.4, 0.5) is 4.39 Å². The van der Waals surface area contributed by atoms with Gasteiger partial charge < -0.3 is 9.80 Å². The lowest BCUT2D eigenvalue weighted by Gasteiger charge is -2.38. The molecule has 0 saturated carbocycles. The molecule has 1 aliphatic heterocycles. The summed E-state index contributed by atoms with van der Waals surface area (Å²) in [6.07, 6.45) is 2.24. The van der Waals surface area contributed by atoms with Crippen molar-refractivity contribution in [2.24, 2.45) is 0 Å². The van der Waals surface area contributed by atoms with E-state index in [0.717, 1.165) is 29.9 Å². The Morgan fingerprint density at radius 2 is 1.73 bits per heavy atom. The average Bonchev–Trinajstić information content (AvgIpc) is 2.60. The first-order chi connectivity index (χ1) is 12.3. The molecule has 3 nitrogen and oxygen atoms in total. The number of benzene rings is 1. The van der Waals surface area contributed by atoms with Crippen molar-refractivity contribution in [2.45, 2.75) is 26.2 Å². The summed E-state index contributed by atoms with van der Waals surface area (Å²) in [7, 11) is 0. The molecule has 0 radical (unpaired) electrons. The van der Waals surface area contributed by atoms with Crippen LogP contribution in [0.25, 0.3) is 0 Å². The second-order valence-corrected chi connectivity index (χ2v) is 7.27. The first-order valence-corrected chi connectivity index (χ1v) is 9.16. The Labute approximate surface area is 160 Å². The van der Waals surface area contributed by atoms with Gasteiger partial charge in [-0.2, -0.15) is 0 Å². The molecule has 2 rings (SSSR count). The molecule has 1 aromatic carbocycles. The minimum atomic E-state index is -0.260. The number of hydrogen-bond donors (Lipinski definition) is 0. The molecule has 0 spiro atoms. The first kappa shape index (κ1) is 20.2. The van der Waals surface area contributed by atoms with Crippen LogP contribution in [0.5, 0.6) is 0 Å². The molecule has 5 heteroatoms. The van der Waals surface area contributed by atoms with Crippen LogP contribution in [-0.2, 0) is 4.79 Å². The average molecular weight is 377 g/mol. The van der Waals surface area contributed by atoms with Crippen molar-refractivity contribution in [3.8, 4) is 0 Å². The van der Waals surface area contributed by atoms with Crippen molar-refractivity contribution in [2.75, 3.05) is 26.2 Å². The maximum absolute atomic E-state index is 13.0. The fraction of sp³-hybridized carbons (Fsp3) is 0.381. The molecule has 0 aliphatic carbocycles. The number of allylic oxidation sites excluding steroid dienone is 3. The summed E-state index contributed by atoms with van der Waals surface area (Å²) in [6, 6.07) is 6.36. The number of rotatable bonds is 6. The lowest BCUT2D eigenvalue weighted by atomic mass is 9.97. The Balaban J connectivity index is 1.92. The number of piperazine rings is 1. The van der Waals surface area contributed by atoms with E-state index in [1.54, 1.807) is 12.1 Å². The molecule has 1 aliphatic rings. The molecule has 1 amide bonds. The molecule has 1 aromatic rings. The first-order valence-electron chi connectivity index (χ1n) is 8.78. The van der Waals surface area contributed by atoms with Crippen LogP contribution in [0.15, 0.2) is 59.8 Å². The molecule has 140 valence electrons. The van der Waals surface area contributed by atoms with Gasteiger partial charge in [-0.3, -0.25) is 4.79 Å². The number of halogens is 2. The molecular weight excluding hydrogens is 351 g/mol. The fourth-order valence-corrected chi connectivity index (χ4v) is 3.23.